The first-order chi connectivity index (χ1) is 14.8. The number of nitrogens with zero attached hydrogens (tertiary/aromatic N) is 1. The molecule has 6 nitrogen and oxygen atoms in total. The Labute approximate surface area is 182 Å². The van der Waals surface area contributed by atoms with Gasteiger partial charge in [0.2, 0.25) is 15.9 Å². The summed E-state index contributed by atoms with van der Waals surface area (Å²) in [5.41, 5.74) is 3.12. The molecule has 3 aromatic rings. The van der Waals surface area contributed by atoms with Gasteiger partial charge in [0.25, 0.3) is 0 Å². The molecule has 0 aliphatic heterocycles. The highest BCUT2D eigenvalue weighted by Crippen LogP contribution is 2.20. The van der Waals surface area contributed by atoms with Gasteiger partial charge in [-0.2, -0.15) is 4.31 Å². The highest BCUT2D eigenvalue weighted by Gasteiger charge is 2.23. The summed E-state index contributed by atoms with van der Waals surface area (Å²) in [6.07, 6.45) is 0.647. The lowest BCUT2D eigenvalue weighted by Gasteiger charge is -2.18. The van der Waals surface area contributed by atoms with E-state index in [0.29, 0.717) is 17.7 Å². The summed E-state index contributed by atoms with van der Waals surface area (Å²) in [5, 5.41) is 2.82. The van der Waals surface area contributed by atoms with Crippen molar-refractivity contribution in [3.63, 3.8) is 0 Å². The van der Waals surface area contributed by atoms with Crippen LogP contribution in [0.5, 0.6) is 0 Å². The molecule has 0 unspecified atom stereocenters. The Kier molecular flexibility index (Phi) is 6.99. The monoisotopic (exact) mass is 436 g/mol. The van der Waals surface area contributed by atoms with Crippen LogP contribution in [0.15, 0.2) is 83.8 Å². The number of likely N-dealkylation sites (N-methyl/N-ethyl adjacent to an activating group) is 1. The Balaban J connectivity index is 1.70. The van der Waals surface area contributed by atoms with Crippen LogP contribution in [-0.4, -0.2) is 38.0 Å². The Morgan fingerprint density at radius 1 is 0.871 bits per heavy atom. The molecule has 0 spiro atoms. The maximum atomic E-state index is 12.8. The minimum atomic E-state index is -3.87. The lowest BCUT2D eigenvalue weighted by Crippen LogP contribution is -2.35. The molecule has 0 bridgehead atoms. The van der Waals surface area contributed by atoms with Crippen LogP contribution in [0, 0.1) is 0 Å². The van der Waals surface area contributed by atoms with Crippen LogP contribution < -0.4 is 5.32 Å². The average Bonchev–Trinajstić information content (AvgIpc) is 2.75. The van der Waals surface area contributed by atoms with Crippen molar-refractivity contribution in [2.45, 2.75) is 18.2 Å². The minimum Gasteiger partial charge on any atom is -0.325 e. The predicted molar refractivity (Wildman–Crippen MR) is 121 cm³/mol. The van der Waals surface area contributed by atoms with Gasteiger partial charge in [-0.15, -0.1) is 0 Å². The first kappa shape index (κ1) is 22.4. The molecule has 3 rings (SSSR count). The van der Waals surface area contributed by atoms with Crippen molar-refractivity contribution in [3.05, 3.63) is 95.6 Å². The highest BCUT2D eigenvalue weighted by atomic mass is 32.2. The molecule has 0 aliphatic carbocycles. The fraction of sp³-hybridized carbons (Fsp3) is 0.167. The topological polar surface area (TPSA) is 83.6 Å². The van der Waals surface area contributed by atoms with Gasteiger partial charge in [-0.3, -0.25) is 9.59 Å². The van der Waals surface area contributed by atoms with E-state index in [1.54, 1.807) is 6.07 Å². The zero-order valence-corrected chi connectivity index (χ0v) is 18.2. The molecule has 31 heavy (non-hydrogen) atoms. The fourth-order valence-corrected chi connectivity index (χ4v) is 4.26. The lowest BCUT2D eigenvalue weighted by molar-refractivity contribution is -0.116. The highest BCUT2D eigenvalue weighted by molar-refractivity contribution is 7.89. The van der Waals surface area contributed by atoms with Crippen molar-refractivity contribution >= 4 is 27.4 Å². The maximum absolute atomic E-state index is 12.8. The molecule has 0 heterocycles. The van der Waals surface area contributed by atoms with Crippen molar-refractivity contribution in [3.8, 4) is 0 Å². The van der Waals surface area contributed by atoms with Gasteiger partial charge in [0.1, 0.15) is 0 Å². The number of rotatable bonds is 8. The number of carbonyl (C=O) groups excluding carboxylic acids is 2. The molecule has 0 aromatic heterocycles. The smallest absolute Gasteiger partial charge is 0.243 e. The molecule has 1 amide bonds. The van der Waals surface area contributed by atoms with E-state index in [-0.39, 0.29) is 17.2 Å². The number of para-hydroxylation sites is 1. The minimum absolute atomic E-state index is 0.0253. The van der Waals surface area contributed by atoms with E-state index in [1.807, 2.05) is 48.5 Å². The van der Waals surface area contributed by atoms with Crippen molar-refractivity contribution in [2.24, 2.45) is 0 Å². The maximum Gasteiger partial charge on any atom is 0.243 e. The van der Waals surface area contributed by atoms with Crippen LogP contribution >= 0.6 is 0 Å². The molecule has 0 atom stereocenters. The lowest BCUT2D eigenvalue weighted by atomic mass is 10.0. The first-order valence-electron chi connectivity index (χ1n) is 9.76. The number of Topliss-reactive ketones (excluding diaryl/α,β-unsaturated/α-hetero) is 1. The van der Waals surface area contributed by atoms with Crippen molar-refractivity contribution in [1.82, 2.24) is 4.31 Å². The summed E-state index contributed by atoms with van der Waals surface area (Å²) in [6.45, 7) is 1.08. The molecule has 0 aliphatic rings. The quantitative estimate of drug-likeness (QED) is 0.545. The van der Waals surface area contributed by atoms with Gasteiger partial charge >= 0.3 is 0 Å². The summed E-state index contributed by atoms with van der Waals surface area (Å²) in [6, 6.07) is 23.0. The number of anilines is 1. The number of benzene rings is 3. The zero-order chi connectivity index (χ0) is 22.4. The number of nitrogens with one attached hydrogen (secondary N) is 1. The van der Waals surface area contributed by atoms with E-state index in [0.717, 1.165) is 15.4 Å². The van der Waals surface area contributed by atoms with Crippen LogP contribution in [0.3, 0.4) is 0 Å². The molecular weight excluding hydrogens is 412 g/mol. The summed E-state index contributed by atoms with van der Waals surface area (Å²) in [5.74, 6) is -0.585. The Bertz CT molecular complexity index is 1170. The molecule has 0 radical (unpaired) electrons. The molecule has 7 heteroatoms. The van der Waals surface area contributed by atoms with Crippen molar-refractivity contribution < 1.29 is 18.0 Å². The van der Waals surface area contributed by atoms with Crippen LogP contribution in [-0.2, 0) is 21.2 Å². The molecule has 0 fully saturated rings. The number of carbonyl (C=O) groups is 2. The number of hydrogen-bond acceptors (Lipinski definition) is 4. The van der Waals surface area contributed by atoms with Crippen LogP contribution in [0.2, 0.25) is 0 Å². The van der Waals surface area contributed by atoms with E-state index >= 15 is 0 Å². The summed E-state index contributed by atoms with van der Waals surface area (Å²) >= 11 is 0. The summed E-state index contributed by atoms with van der Waals surface area (Å²) < 4.78 is 26.5. The third kappa shape index (κ3) is 5.65. The number of ketones is 1. The molecule has 160 valence electrons. The average molecular weight is 437 g/mol. The van der Waals surface area contributed by atoms with E-state index < -0.39 is 15.9 Å². The van der Waals surface area contributed by atoms with Gasteiger partial charge in [0.05, 0.1) is 11.4 Å². The second-order valence-corrected chi connectivity index (χ2v) is 9.25. The standard InChI is InChI=1S/C24H24N2O4S/c1-18(27)20-12-14-22(15-13-20)31(29,30)26(2)17-24(28)25-23-11-7-6-10-21(23)16-19-8-4-3-5-9-19/h3-15H,16-17H2,1-2H3,(H,25,28). The van der Waals surface area contributed by atoms with Crippen molar-refractivity contribution in [1.29, 1.82) is 0 Å². The zero-order valence-electron chi connectivity index (χ0n) is 17.4. The van der Waals surface area contributed by atoms with E-state index in [4.69, 9.17) is 0 Å². The van der Waals surface area contributed by atoms with Crippen LogP contribution in [0.25, 0.3) is 0 Å². The number of amides is 1. The van der Waals surface area contributed by atoms with Crippen molar-refractivity contribution in [2.75, 3.05) is 18.9 Å². The molecule has 1 N–H and O–H groups in total. The Hall–Kier alpha value is -3.29. The van der Waals surface area contributed by atoms with Crippen LogP contribution in [0.4, 0.5) is 5.69 Å². The fourth-order valence-electron chi connectivity index (χ4n) is 3.13. The van der Waals surface area contributed by atoms with Gasteiger partial charge in [0.15, 0.2) is 5.78 Å². The van der Waals surface area contributed by atoms with Gasteiger partial charge in [0, 0.05) is 18.3 Å². The van der Waals surface area contributed by atoms with E-state index in [1.165, 1.54) is 38.2 Å². The van der Waals surface area contributed by atoms with Gasteiger partial charge in [-0.05, 0) is 42.7 Å². The molecular formula is C24H24N2O4S. The first-order valence-corrected chi connectivity index (χ1v) is 11.2. The second kappa shape index (κ2) is 9.68. The third-order valence-electron chi connectivity index (χ3n) is 4.86. The van der Waals surface area contributed by atoms with E-state index in [9.17, 15) is 18.0 Å². The molecule has 0 saturated carbocycles. The predicted octanol–water partition coefficient (Wildman–Crippen LogP) is 3.74. The normalized spacial score (nSPS) is 11.3. The SMILES string of the molecule is CC(=O)c1ccc(S(=O)(=O)N(C)CC(=O)Nc2ccccc2Cc2ccccc2)cc1. The van der Waals surface area contributed by atoms with Gasteiger partial charge < -0.3 is 5.32 Å². The number of sulfonamides is 1. The summed E-state index contributed by atoms with van der Waals surface area (Å²) in [4.78, 5) is 24.0. The van der Waals surface area contributed by atoms with Crippen LogP contribution in [0.1, 0.15) is 28.4 Å². The molecule has 3 aromatic carbocycles. The largest absolute Gasteiger partial charge is 0.325 e. The Morgan fingerprint density at radius 3 is 2.13 bits per heavy atom. The van der Waals surface area contributed by atoms with Gasteiger partial charge in [-0.25, -0.2) is 8.42 Å². The summed E-state index contributed by atoms with van der Waals surface area (Å²) in [7, 11) is -2.52. The van der Waals surface area contributed by atoms with Gasteiger partial charge in [-0.1, -0.05) is 60.7 Å². The second-order valence-electron chi connectivity index (χ2n) is 7.21. The molecule has 0 saturated heterocycles. The Morgan fingerprint density at radius 2 is 1.48 bits per heavy atom. The third-order valence-corrected chi connectivity index (χ3v) is 6.68. The van der Waals surface area contributed by atoms with E-state index in [2.05, 4.69) is 5.32 Å². The number of hydrogen-bond donors (Lipinski definition) is 1.